The Morgan fingerprint density at radius 3 is 3.04 bits per heavy atom. The number of thiophene rings is 1. The predicted octanol–water partition coefficient (Wildman–Crippen LogP) is 5.49. The summed E-state index contributed by atoms with van der Waals surface area (Å²) >= 11 is 1.90. The summed E-state index contributed by atoms with van der Waals surface area (Å²) in [4.78, 5) is 1.42. The zero-order chi connectivity index (χ0) is 16.9. The standard InChI is InChI=1S/C21H27NOS/c1-4-6-8-15(5-2)16-10-11-20-18(13-16)17-9-7-12-23-19(14-22-3)21(17)24-20/h5-6,8,10-11,13,19,22H,4,7,9,12,14H2,1-3H3/b8-6-,15-5+. The van der Waals surface area contributed by atoms with Gasteiger partial charge < -0.3 is 10.1 Å². The fourth-order valence-electron chi connectivity index (χ4n) is 3.36. The number of hydrogen-bond acceptors (Lipinski definition) is 3. The van der Waals surface area contributed by atoms with Crippen LogP contribution < -0.4 is 5.32 Å². The first-order valence-electron chi connectivity index (χ1n) is 8.93. The van der Waals surface area contributed by atoms with E-state index in [1.54, 1.807) is 0 Å². The zero-order valence-electron chi connectivity index (χ0n) is 14.9. The molecule has 1 aromatic heterocycles. The molecule has 1 unspecified atom stereocenters. The Kier molecular flexibility index (Phi) is 5.88. The molecule has 0 bridgehead atoms. The Bertz CT molecular complexity index is 757. The van der Waals surface area contributed by atoms with Gasteiger partial charge in [-0.15, -0.1) is 11.3 Å². The summed E-state index contributed by atoms with van der Waals surface area (Å²) in [6.07, 6.45) is 10.1. The number of likely N-dealkylation sites (N-methyl/N-ethyl adjacent to an activating group) is 1. The number of hydrogen-bond donors (Lipinski definition) is 1. The van der Waals surface area contributed by atoms with Crippen LogP contribution in [0.15, 0.2) is 36.4 Å². The molecule has 1 aromatic carbocycles. The van der Waals surface area contributed by atoms with Gasteiger partial charge in [-0.25, -0.2) is 0 Å². The Morgan fingerprint density at radius 2 is 2.29 bits per heavy atom. The largest absolute Gasteiger partial charge is 0.371 e. The third-order valence-electron chi connectivity index (χ3n) is 4.57. The number of ether oxygens (including phenoxy) is 1. The minimum atomic E-state index is 0.189. The lowest BCUT2D eigenvalue weighted by molar-refractivity contribution is 0.0600. The molecule has 1 aliphatic heterocycles. The van der Waals surface area contributed by atoms with Gasteiger partial charge >= 0.3 is 0 Å². The maximum absolute atomic E-state index is 6.08. The van der Waals surface area contributed by atoms with Gasteiger partial charge in [0, 0.05) is 22.7 Å². The lowest BCUT2D eigenvalue weighted by Crippen LogP contribution is -2.18. The molecule has 0 amide bonds. The first kappa shape index (κ1) is 17.4. The summed E-state index contributed by atoms with van der Waals surface area (Å²) in [7, 11) is 2.00. The molecule has 0 fully saturated rings. The third-order valence-corrected chi connectivity index (χ3v) is 5.88. The normalized spacial score (nSPS) is 19.0. The van der Waals surface area contributed by atoms with Gasteiger partial charge in [0.1, 0.15) is 6.10 Å². The van der Waals surface area contributed by atoms with Crippen molar-refractivity contribution in [2.45, 2.75) is 39.2 Å². The van der Waals surface area contributed by atoms with Crippen molar-refractivity contribution in [3.8, 4) is 0 Å². The lowest BCUT2D eigenvalue weighted by atomic mass is 9.99. The summed E-state index contributed by atoms with van der Waals surface area (Å²) < 4.78 is 7.46. The van der Waals surface area contributed by atoms with Crippen LogP contribution in [0.5, 0.6) is 0 Å². The smallest absolute Gasteiger partial charge is 0.104 e. The highest BCUT2D eigenvalue weighted by molar-refractivity contribution is 7.19. The van der Waals surface area contributed by atoms with Gasteiger partial charge in [-0.2, -0.15) is 0 Å². The average molecular weight is 342 g/mol. The van der Waals surface area contributed by atoms with Crippen LogP contribution in [0.25, 0.3) is 15.7 Å². The molecule has 2 nitrogen and oxygen atoms in total. The van der Waals surface area contributed by atoms with Gasteiger partial charge in [0.2, 0.25) is 0 Å². The molecule has 3 heteroatoms. The van der Waals surface area contributed by atoms with E-state index in [0.29, 0.717) is 0 Å². The maximum Gasteiger partial charge on any atom is 0.104 e. The van der Waals surface area contributed by atoms with Gasteiger partial charge in [0.05, 0.1) is 0 Å². The topological polar surface area (TPSA) is 21.3 Å². The summed E-state index contributed by atoms with van der Waals surface area (Å²) in [6.45, 7) is 6.03. The van der Waals surface area contributed by atoms with Crippen molar-refractivity contribution in [3.05, 3.63) is 52.4 Å². The van der Waals surface area contributed by atoms with Crippen LogP contribution in [0.2, 0.25) is 0 Å². The summed E-state index contributed by atoms with van der Waals surface area (Å²) in [5.41, 5.74) is 4.12. The molecule has 128 valence electrons. The molecule has 0 radical (unpaired) electrons. The Labute approximate surface area is 149 Å². The van der Waals surface area contributed by atoms with Crippen LogP contribution in [0.4, 0.5) is 0 Å². The van der Waals surface area contributed by atoms with Crippen LogP contribution in [-0.2, 0) is 11.2 Å². The molecule has 1 N–H and O–H groups in total. The second kappa shape index (κ2) is 8.11. The van der Waals surface area contributed by atoms with E-state index in [2.05, 4.69) is 55.6 Å². The second-order valence-electron chi connectivity index (χ2n) is 6.23. The molecule has 24 heavy (non-hydrogen) atoms. The summed E-state index contributed by atoms with van der Waals surface area (Å²) in [5, 5.41) is 4.70. The summed E-state index contributed by atoms with van der Waals surface area (Å²) in [6, 6.07) is 6.91. The number of fused-ring (bicyclic) bond motifs is 3. The van der Waals surface area contributed by atoms with Gasteiger partial charge in [-0.1, -0.05) is 31.2 Å². The van der Waals surface area contributed by atoms with E-state index < -0.39 is 0 Å². The Hall–Kier alpha value is -1.42. The maximum atomic E-state index is 6.08. The van der Waals surface area contributed by atoms with Crippen molar-refractivity contribution in [2.75, 3.05) is 20.2 Å². The van der Waals surface area contributed by atoms with Gasteiger partial charge in [-0.05, 0) is 67.5 Å². The van der Waals surface area contributed by atoms with Crippen molar-refractivity contribution < 1.29 is 4.74 Å². The molecular formula is C21H27NOS. The van der Waals surface area contributed by atoms with E-state index in [0.717, 1.165) is 32.4 Å². The van der Waals surface area contributed by atoms with E-state index in [4.69, 9.17) is 4.74 Å². The van der Waals surface area contributed by atoms with Crippen molar-refractivity contribution in [1.29, 1.82) is 0 Å². The first-order chi connectivity index (χ1) is 11.8. The Morgan fingerprint density at radius 1 is 1.42 bits per heavy atom. The summed E-state index contributed by atoms with van der Waals surface area (Å²) in [5.74, 6) is 0. The minimum absolute atomic E-state index is 0.189. The van der Waals surface area contributed by atoms with Crippen molar-refractivity contribution in [2.24, 2.45) is 0 Å². The monoisotopic (exact) mass is 341 g/mol. The number of allylic oxidation sites excluding steroid dienone is 4. The van der Waals surface area contributed by atoms with Gasteiger partial charge in [0.15, 0.2) is 0 Å². The van der Waals surface area contributed by atoms with Crippen molar-refractivity contribution in [1.82, 2.24) is 5.32 Å². The number of benzene rings is 1. The van der Waals surface area contributed by atoms with E-state index in [-0.39, 0.29) is 6.10 Å². The second-order valence-corrected chi connectivity index (χ2v) is 7.31. The quantitative estimate of drug-likeness (QED) is 0.726. The fraction of sp³-hybridized carbons (Fsp3) is 0.429. The molecule has 3 rings (SSSR count). The number of rotatable bonds is 5. The van der Waals surface area contributed by atoms with Gasteiger partial charge in [-0.3, -0.25) is 0 Å². The first-order valence-corrected chi connectivity index (χ1v) is 9.74. The van der Waals surface area contributed by atoms with Crippen molar-refractivity contribution in [3.63, 3.8) is 0 Å². The van der Waals surface area contributed by atoms with E-state index in [1.165, 1.54) is 31.7 Å². The molecule has 2 heterocycles. The highest BCUT2D eigenvalue weighted by Gasteiger charge is 2.23. The zero-order valence-corrected chi connectivity index (χ0v) is 15.7. The van der Waals surface area contributed by atoms with E-state index in [1.807, 2.05) is 18.4 Å². The SMILES string of the molecule is C/C=C(\C=C/CC)c1ccc2sc3c(c2c1)CCCOC3CNC. The van der Waals surface area contributed by atoms with Crippen LogP contribution in [0, 0.1) is 0 Å². The molecular weight excluding hydrogens is 314 g/mol. The molecule has 0 aliphatic carbocycles. The van der Waals surface area contributed by atoms with Crippen LogP contribution >= 0.6 is 11.3 Å². The fourth-order valence-corrected chi connectivity index (χ4v) is 4.64. The molecule has 0 saturated heterocycles. The predicted molar refractivity (Wildman–Crippen MR) is 106 cm³/mol. The molecule has 2 aromatic rings. The van der Waals surface area contributed by atoms with Crippen LogP contribution in [0.3, 0.4) is 0 Å². The average Bonchev–Trinajstić information content (AvgIpc) is 2.84. The van der Waals surface area contributed by atoms with Gasteiger partial charge in [0.25, 0.3) is 0 Å². The molecule has 1 atom stereocenters. The molecule has 0 saturated carbocycles. The molecule has 1 aliphatic rings. The highest BCUT2D eigenvalue weighted by atomic mass is 32.1. The van der Waals surface area contributed by atoms with E-state index >= 15 is 0 Å². The van der Waals surface area contributed by atoms with Crippen molar-refractivity contribution >= 4 is 27.0 Å². The highest BCUT2D eigenvalue weighted by Crippen LogP contribution is 2.40. The minimum Gasteiger partial charge on any atom is -0.371 e. The Balaban J connectivity index is 2.07. The number of aryl methyl sites for hydroxylation is 1. The van der Waals surface area contributed by atoms with E-state index in [9.17, 15) is 0 Å². The number of nitrogens with one attached hydrogen (secondary N) is 1. The third kappa shape index (κ3) is 3.49. The van der Waals surface area contributed by atoms with Crippen LogP contribution in [-0.4, -0.2) is 20.2 Å². The van der Waals surface area contributed by atoms with Crippen LogP contribution in [0.1, 0.15) is 48.8 Å². The lowest BCUT2D eigenvalue weighted by Gasteiger charge is -2.14. The molecule has 0 spiro atoms.